The lowest BCUT2D eigenvalue weighted by Crippen LogP contribution is -2.41. The lowest BCUT2D eigenvalue weighted by Gasteiger charge is -2.28. The molecule has 3 atom stereocenters. The van der Waals surface area contributed by atoms with Crippen LogP contribution in [0.3, 0.4) is 0 Å². The summed E-state index contributed by atoms with van der Waals surface area (Å²) in [7, 11) is -2.00. The highest BCUT2D eigenvalue weighted by Gasteiger charge is 2.32. The predicted octanol–water partition coefficient (Wildman–Crippen LogP) is 1.89. The first-order valence-corrected chi connectivity index (χ1v) is 8.17. The van der Waals surface area contributed by atoms with E-state index in [0.29, 0.717) is 13.2 Å². The van der Waals surface area contributed by atoms with E-state index >= 15 is 0 Å². The van der Waals surface area contributed by atoms with Crippen LogP contribution in [0.4, 0.5) is 0 Å². The maximum absolute atomic E-state index is 5.84. The van der Waals surface area contributed by atoms with Gasteiger partial charge in [-0.2, -0.15) is 0 Å². The maximum atomic E-state index is 5.84. The van der Waals surface area contributed by atoms with E-state index in [1.165, 1.54) is 0 Å². The van der Waals surface area contributed by atoms with Gasteiger partial charge in [0.25, 0.3) is 0 Å². The van der Waals surface area contributed by atoms with Gasteiger partial charge in [0.15, 0.2) is 0 Å². The molecule has 1 fully saturated rings. The van der Waals surface area contributed by atoms with Gasteiger partial charge in [-0.05, 0) is 26.4 Å². The van der Waals surface area contributed by atoms with Gasteiger partial charge in [0, 0.05) is 6.61 Å². The summed E-state index contributed by atoms with van der Waals surface area (Å²) in [5, 5.41) is 0. The van der Waals surface area contributed by atoms with Gasteiger partial charge in [-0.3, -0.25) is 0 Å². The Morgan fingerprint density at radius 2 is 2.13 bits per heavy atom. The van der Waals surface area contributed by atoms with Gasteiger partial charge in [0.1, 0.15) is 12.4 Å². The zero-order valence-corrected chi connectivity index (χ0v) is 11.1. The van der Waals surface area contributed by atoms with Crippen LogP contribution < -0.4 is 0 Å². The summed E-state index contributed by atoms with van der Waals surface area (Å²) in [6, 6.07) is 0.939. The Balaban J connectivity index is 2.22. The highest BCUT2D eigenvalue weighted by Crippen LogP contribution is 2.17. The summed E-state index contributed by atoms with van der Waals surface area (Å²) in [6.45, 7) is 10.2. The zero-order chi connectivity index (χ0) is 11.3. The van der Waals surface area contributed by atoms with Gasteiger partial charge in [0.2, 0.25) is 0 Å². The Bertz CT molecular complexity index is 186. The molecule has 0 aromatic rings. The third-order valence-electron chi connectivity index (χ3n) is 2.43. The zero-order valence-electron chi connectivity index (χ0n) is 10.1. The van der Waals surface area contributed by atoms with E-state index in [1.54, 1.807) is 0 Å². The second kappa shape index (κ2) is 5.96. The number of ether oxygens (including phenoxy) is 2. The van der Waals surface area contributed by atoms with Crippen molar-refractivity contribution in [2.75, 3.05) is 19.8 Å². The van der Waals surface area contributed by atoms with Gasteiger partial charge < -0.3 is 18.3 Å². The third-order valence-corrected chi connectivity index (χ3v) is 5.44. The van der Waals surface area contributed by atoms with Crippen molar-refractivity contribution >= 4 is 8.56 Å². The van der Waals surface area contributed by atoms with Gasteiger partial charge in [-0.15, -0.1) is 0 Å². The summed E-state index contributed by atoms with van der Waals surface area (Å²) in [4.78, 5) is 0. The maximum Gasteiger partial charge on any atom is 0.336 e. The van der Waals surface area contributed by atoms with Crippen molar-refractivity contribution in [2.24, 2.45) is 0 Å². The Labute approximate surface area is 93.1 Å². The summed E-state index contributed by atoms with van der Waals surface area (Å²) in [5.74, 6) is 0. The van der Waals surface area contributed by atoms with E-state index in [1.807, 2.05) is 13.8 Å². The van der Waals surface area contributed by atoms with E-state index in [4.69, 9.17) is 18.3 Å². The lowest BCUT2D eigenvalue weighted by molar-refractivity contribution is -0.0896. The van der Waals surface area contributed by atoms with Crippen molar-refractivity contribution < 1.29 is 18.3 Å². The first kappa shape index (κ1) is 13.1. The van der Waals surface area contributed by atoms with Gasteiger partial charge in [-0.25, -0.2) is 0 Å². The van der Waals surface area contributed by atoms with E-state index in [9.17, 15) is 0 Å². The monoisotopic (exact) mass is 234 g/mol. The van der Waals surface area contributed by atoms with Crippen LogP contribution in [0, 0.1) is 0 Å². The average Bonchev–Trinajstić information content (AvgIpc) is 2.98. The molecular formula is C10H22O4Si. The van der Waals surface area contributed by atoms with Gasteiger partial charge >= 0.3 is 8.56 Å². The Kier molecular flexibility index (Phi) is 5.21. The van der Waals surface area contributed by atoms with Crippen LogP contribution in [0.15, 0.2) is 0 Å². The number of hydrogen-bond donors (Lipinski definition) is 0. The van der Waals surface area contributed by atoms with Crippen LogP contribution >= 0.6 is 0 Å². The van der Waals surface area contributed by atoms with Crippen molar-refractivity contribution in [3.8, 4) is 0 Å². The Hall–Kier alpha value is 0.0569. The van der Waals surface area contributed by atoms with E-state index in [-0.39, 0.29) is 12.4 Å². The molecule has 1 saturated heterocycles. The molecule has 0 N–H and O–H groups in total. The summed E-state index contributed by atoms with van der Waals surface area (Å²) in [6.07, 6.45) is 0.0926. The standard InChI is InChI=1S/C10H22O4Si/c1-5-13-15(4,6-2)14-9(3)11-7-10-8-12-10/h9-10H,5-8H2,1-4H3. The van der Waals surface area contributed by atoms with Crippen LogP contribution in [-0.4, -0.2) is 40.8 Å². The number of epoxide rings is 1. The summed E-state index contributed by atoms with van der Waals surface area (Å²) >= 11 is 0. The lowest BCUT2D eigenvalue weighted by atomic mass is 10.5. The van der Waals surface area contributed by atoms with E-state index < -0.39 is 8.56 Å². The second-order valence-electron chi connectivity index (χ2n) is 3.89. The molecule has 0 amide bonds. The minimum absolute atomic E-state index is 0.197. The van der Waals surface area contributed by atoms with Crippen LogP contribution in [0.1, 0.15) is 20.8 Å². The van der Waals surface area contributed by atoms with Crippen LogP contribution in [-0.2, 0) is 18.3 Å². The topological polar surface area (TPSA) is 40.2 Å². The minimum atomic E-state index is -2.00. The third kappa shape index (κ3) is 5.08. The fourth-order valence-corrected chi connectivity index (χ4v) is 3.14. The molecule has 0 radical (unpaired) electrons. The Morgan fingerprint density at radius 3 is 2.60 bits per heavy atom. The molecule has 0 aliphatic carbocycles. The molecule has 15 heavy (non-hydrogen) atoms. The van der Waals surface area contributed by atoms with Crippen molar-refractivity contribution in [3.63, 3.8) is 0 Å². The minimum Gasteiger partial charge on any atom is -0.395 e. The Morgan fingerprint density at radius 1 is 1.47 bits per heavy atom. The van der Waals surface area contributed by atoms with Crippen molar-refractivity contribution in [2.45, 2.75) is 45.8 Å². The first-order chi connectivity index (χ1) is 7.09. The molecule has 5 heteroatoms. The summed E-state index contributed by atoms with van der Waals surface area (Å²) < 4.78 is 22.1. The number of rotatable bonds is 8. The molecule has 1 aliphatic rings. The predicted molar refractivity (Wildman–Crippen MR) is 60.0 cm³/mol. The van der Waals surface area contributed by atoms with Crippen LogP contribution in [0.2, 0.25) is 12.6 Å². The van der Waals surface area contributed by atoms with Crippen molar-refractivity contribution in [1.82, 2.24) is 0 Å². The normalized spacial score (nSPS) is 26.0. The van der Waals surface area contributed by atoms with Crippen molar-refractivity contribution in [3.05, 3.63) is 0 Å². The molecule has 4 nitrogen and oxygen atoms in total. The van der Waals surface area contributed by atoms with Crippen LogP contribution in [0.5, 0.6) is 0 Å². The number of hydrogen-bond acceptors (Lipinski definition) is 4. The molecule has 1 heterocycles. The molecular weight excluding hydrogens is 212 g/mol. The second-order valence-corrected chi connectivity index (χ2v) is 7.39. The SMILES string of the molecule is CCO[Si](C)(CC)OC(C)OCC1CO1. The molecule has 1 rings (SSSR count). The van der Waals surface area contributed by atoms with Gasteiger partial charge in [0.05, 0.1) is 13.2 Å². The first-order valence-electron chi connectivity index (χ1n) is 5.64. The smallest absolute Gasteiger partial charge is 0.336 e. The molecule has 1 aliphatic heterocycles. The van der Waals surface area contributed by atoms with Crippen molar-refractivity contribution in [1.29, 1.82) is 0 Å². The molecule has 90 valence electrons. The molecule has 0 bridgehead atoms. The molecule has 3 unspecified atom stereocenters. The molecule has 0 saturated carbocycles. The quantitative estimate of drug-likeness (QED) is 0.365. The average molecular weight is 234 g/mol. The fourth-order valence-electron chi connectivity index (χ4n) is 1.32. The fraction of sp³-hybridized carbons (Fsp3) is 1.00. The molecule has 0 spiro atoms. The van der Waals surface area contributed by atoms with Crippen LogP contribution in [0.25, 0.3) is 0 Å². The highest BCUT2D eigenvalue weighted by molar-refractivity contribution is 6.65. The van der Waals surface area contributed by atoms with E-state index in [2.05, 4.69) is 13.5 Å². The van der Waals surface area contributed by atoms with Gasteiger partial charge in [-0.1, -0.05) is 6.92 Å². The summed E-state index contributed by atoms with van der Waals surface area (Å²) in [5.41, 5.74) is 0. The molecule has 0 aromatic heterocycles. The molecule has 0 aromatic carbocycles. The largest absolute Gasteiger partial charge is 0.395 e. The van der Waals surface area contributed by atoms with E-state index in [0.717, 1.165) is 12.7 Å². The highest BCUT2D eigenvalue weighted by atomic mass is 28.4.